The summed E-state index contributed by atoms with van der Waals surface area (Å²) in [5.74, 6) is 0.457. The standard InChI is InChI=1S/C17H18FN5O/c1-11(2)23-16-14(9-19-23)17(24)22-8-7-21(10-15(22)20-16)13-5-3-12(18)4-6-13/h3-6,9,11H,7-8,10H2,1-2H3. The van der Waals surface area contributed by atoms with Gasteiger partial charge in [0.2, 0.25) is 0 Å². The van der Waals surface area contributed by atoms with E-state index in [-0.39, 0.29) is 17.4 Å². The van der Waals surface area contributed by atoms with E-state index in [1.807, 2.05) is 13.8 Å². The lowest BCUT2D eigenvalue weighted by Crippen LogP contribution is -2.40. The lowest BCUT2D eigenvalue weighted by Gasteiger charge is -2.30. The summed E-state index contributed by atoms with van der Waals surface area (Å²) in [5.41, 5.74) is 1.51. The molecule has 2 aromatic heterocycles. The molecule has 7 heteroatoms. The minimum absolute atomic E-state index is 0.0411. The number of halogens is 1. The largest absolute Gasteiger partial charge is 0.362 e. The van der Waals surface area contributed by atoms with E-state index in [0.717, 1.165) is 5.69 Å². The molecule has 24 heavy (non-hydrogen) atoms. The first kappa shape index (κ1) is 14.9. The number of hydrogen-bond acceptors (Lipinski definition) is 4. The Morgan fingerprint density at radius 2 is 1.92 bits per heavy atom. The van der Waals surface area contributed by atoms with Crippen LogP contribution in [0, 0.1) is 5.82 Å². The third-order valence-corrected chi connectivity index (χ3v) is 4.40. The summed E-state index contributed by atoms with van der Waals surface area (Å²) < 4.78 is 16.6. The van der Waals surface area contributed by atoms with Gasteiger partial charge in [0.05, 0.1) is 12.7 Å². The van der Waals surface area contributed by atoms with E-state index in [1.165, 1.54) is 12.1 Å². The highest BCUT2D eigenvalue weighted by molar-refractivity contribution is 5.73. The molecule has 124 valence electrons. The van der Waals surface area contributed by atoms with Crippen molar-refractivity contribution >= 4 is 16.7 Å². The van der Waals surface area contributed by atoms with E-state index in [4.69, 9.17) is 4.98 Å². The lowest BCUT2D eigenvalue weighted by molar-refractivity contribution is 0.522. The zero-order chi connectivity index (χ0) is 16.8. The predicted octanol–water partition coefficient (Wildman–Crippen LogP) is 2.33. The Kier molecular flexibility index (Phi) is 3.37. The molecule has 6 nitrogen and oxygen atoms in total. The quantitative estimate of drug-likeness (QED) is 0.725. The number of anilines is 1. The first-order valence-electron chi connectivity index (χ1n) is 8.02. The molecule has 3 heterocycles. The number of hydrogen-bond donors (Lipinski definition) is 0. The van der Waals surface area contributed by atoms with Gasteiger partial charge in [-0.1, -0.05) is 0 Å². The summed E-state index contributed by atoms with van der Waals surface area (Å²) in [6, 6.07) is 6.53. The maximum Gasteiger partial charge on any atom is 0.264 e. The fourth-order valence-electron chi connectivity index (χ4n) is 3.14. The summed E-state index contributed by atoms with van der Waals surface area (Å²) in [4.78, 5) is 19.5. The highest BCUT2D eigenvalue weighted by Crippen LogP contribution is 2.21. The van der Waals surface area contributed by atoms with Crippen molar-refractivity contribution in [2.24, 2.45) is 0 Å². The van der Waals surface area contributed by atoms with Gasteiger partial charge < -0.3 is 4.90 Å². The van der Waals surface area contributed by atoms with Crippen molar-refractivity contribution in [2.45, 2.75) is 33.0 Å². The highest BCUT2D eigenvalue weighted by Gasteiger charge is 2.22. The van der Waals surface area contributed by atoms with Crippen LogP contribution in [0.1, 0.15) is 25.7 Å². The fourth-order valence-corrected chi connectivity index (χ4v) is 3.14. The highest BCUT2D eigenvalue weighted by atomic mass is 19.1. The maximum absolute atomic E-state index is 13.1. The molecule has 0 amide bonds. The minimum Gasteiger partial charge on any atom is -0.362 e. The van der Waals surface area contributed by atoms with E-state index in [2.05, 4.69) is 10.00 Å². The van der Waals surface area contributed by atoms with Crippen LogP contribution in [-0.4, -0.2) is 25.9 Å². The molecule has 1 aliphatic heterocycles. The van der Waals surface area contributed by atoms with Gasteiger partial charge in [-0.2, -0.15) is 5.10 Å². The first-order valence-corrected chi connectivity index (χ1v) is 8.02. The smallest absolute Gasteiger partial charge is 0.264 e. The van der Waals surface area contributed by atoms with Crippen LogP contribution < -0.4 is 10.5 Å². The van der Waals surface area contributed by atoms with E-state index in [0.29, 0.717) is 36.5 Å². The zero-order valence-corrected chi connectivity index (χ0v) is 13.6. The molecule has 1 aromatic carbocycles. The summed E-state index contributed by atoms with van der Waals surface area (Å²) in [5, 5.41) is 4.86. The predicted molar refractivity (Wildman–Crippen MR) is 89.6 cm³/mol. The Bertz CT molecular complexity index is 958. The molecule has 0 aliphatic carbocycles. The molecular formula is C17H18FN5O. The van der Waals surface area contributed by atoms with Gasteiger partial charge in [0.15, 0.2) is 5.65 Å². The molecule has 1 aliphatic rings. The Balaban J connectivity index is 1.78. The molecular weight excluding hydrogens is 309 g/mol. The van der Waals surface area contributed by atoms with E-state index in [9.17, 15) is 9.18 Å². The summed E-state index contributed by atoms with van der Waals surface area (Å²) >= 11 is 0. The van der Waals surface area contributed by atoms with Crippen molar-refractivity contribution in [3.8, 4) is 0 Å². The SMILES string of the molecule is CC(C)n1ncc2c(=O)n3c(nc21)CN(c1ccc(F)cc1)CC3. The van der Waals surface area contributed by atoms with Crippen LogP contribution >= 0.6 is 0 Å². The van der Waals surface area contributed by atoms with Crippen molar-refractivity contribution in [3.05, 3.63) is 52.5 Å². The van der Waals surface area contributed by atoms with Crippen LogP contribution in [0.15, 0.2) is 35.3 Å². The van der Waals surface area contributed by atoms with Gasteiger partial charge in [-0.25, -0.2) is 14.1 Å². The van der Waals surface area contributed by atoms with Crippen molar-refractivity contribution in [1.29, 1.82) is 0 Å². The number of fused-ring (bicyclic) bond motifs is 2. The number of nitrogens with zero attached hydrogens (tertiary/aromatic N) is 5. The molecule has 0 unspecified atom stereocenters. The third kappa shape index (κ3) is 2.28. The van der Waals surface area contributed by atoms with E-state index < -0.39 is 0 Å². The summed E-state index contributed by atoms with van der Waals surface area (Å²) in [6.07, 6.45) is 1.60. The number of benzene rings is 1. The second kappa shape index (κ2) is 5.43. The Hall–Kier alpha value is -2.70. The van der Waals surface area contributed by atoms with Gasteiger partial charge in [0, 0.05) is 24.8 Å². The molecule has 0 N–H and O–H groups in total. The molecule has 0 atom stereocenters. The van der Waals surface area contributed by atoms with Crippen LogP contribution in [0.5, 0.6) is 0 Å². The van der Waals surface area contributed by atoms with Crippen LogP contribution in [0.3, 0.4) is 0 Å². The minimum atomic E-state index is -0.256. The van der Waals surface area contributed by atoms with E-state index in [1.54, 1.807) is 27.6 Å². The first-order chi connectivity index (χ1) is 11.5. The molecule has 0 saturated heterocycles. The van der Waals surface area contributed by atoms with Crippen molar-refractivity contribution in [1.82, 2.24) is 19.3 Å². The van der Waals surface area contributed by atoms with Crippen LogP contribution in [0.4, 0.5) is 10.1 Å². The molecule has 4 rings (SSSR count). The lowest BCUT2D eigenvalue weighted by atomic mass is 10.2. The fraction of sp³-hybridized carbons (Fsp3) is 0.353. The van der Waals surface area contributed by atoms with Crippen LogP contribution in [0.2, 0.25) is 0 Å². The number of aromatic nitrogens is 4. The molecule has 0 bridgehead atoms. The van der Waals surface area contributed by atoms with Crippen LogP contribution in [-0.2, 0) is 13.1 Å². The van der Waals surface area contributed by atoms with Gasteiger partial charge >= 0.3 is 0 Å². The maximum atomic E-state index is 13.1. The summed E-state index contributed by atoms with van der Waals surface area (Å²) in [6.45, 7) is 5.78. The van der Waals surface area contributed by atoms with Gasteiger partial charge in [-0.15, -0.1) is 0 Å². The topological polar surface area (TPSA) is 56.0 Å². The molecule has 0 spiro atoms. The van der Waals surface area contributed by atoms with Gasteiger partial charge in [0.1, 0.15) is 17.0 Å². The van der Waals surface area contributed by atoms with E-state index >= 15 is 0 Å². The monoisotopic (exact) mass is 327 g/mol. The Morgan fingerprint density at radius 1 is 1.17 bits per heavy atom. The normalized spacial score (nSPS) is 14.4. The number of rotatable bonds is 2. The Morgan fingerprint density at radius 3 is 2.62 bits per heavy atom. The summed E-state index contributed by atoms with van der Waals surface area (Å²) in [7, 11) is 0. The van der Waals surface area contributed by atoms with Crippen molar-refractivity contribution in [3.63, 3.8) is 0 Å². The second-order valence-electron chi connectivity index (χ2n) is 6.30. The van der Waals surface area contributed by atoms with Gasteiger partial charge in [-0.3, -0.25) is 9.36 Å². The zero-order valence-electron chi connectivity index (χ0n) is 13.6. The molecule has 0 saturated carbocycles. The second-order valence-corrected chi connectivity index (χ2v) is 6.30. The van der Waals surface area contributed by atoms with Gasteiger partial charge in [0.25, 0.3) is 5.56 Å². The molecule has 0 fully saturated rings. The average Bonchev–Trinajstić information content (AvgIpc) is 2.99. The van der Waals surface area contributed by atoms with Gasteiger partial charge in [-0.05, 0) is 38.1 Å². The van der Waals surface area contributed by atoms with Crippen molar-refractivity contribution in [2.75, 3.05) is 11.4 Å². The molecule has 0 radical (unpaired) electrons. The average molecular weight is 327 g/mol. The Labute approximate surface area is 138 Å². The van der Waals surface area contributed by atoms with Crippen LogP contribution in [0.25, 0.3) is 11.0 Å². The van der Waals surface area contributed by atoms with Crippen molar-refractivity contribution < 1.29 is 4.39 Å². The third-order valence-electron chi connectivity index (χ3n) is 4.40. The molecule has 3 aromatic rings.